The van der Waals surface area contributed by atoms with Crippen LogP contribution < -0.4 is 5.32 Å². The number of carbonyl (C=O) groups excluding carboxylic acids is 1. The summed E-state index contributed by atoms with van der Waals surface area (Å²) in [7, 11) is 0. The molecule has 126 valence electrons. The predicted octanol–water partition coefficient (Wildman–Crippen LogP) is 2.13. The van der Waals surface area contributed by atoms with E-state index in [1.165, 1.54) is 0 Å². The Bertz CT molecular complexity index is 989. The van der Waals surface area contributed by atoms with Gasteiger partial charge in [0.1, 0.15) is 6.54 Å². The topological polar surface area (TPSA) is 83.6 Å². The lowest BCUT2D eigenvalue weighted by Gasteiger charge is -2.06. The van der Waals surface area contributed by atoms with E-state index in [0.717, 1.165) is 11.1 Å². The van der Waals surface area contributed by atoms with Crippen LogP contribution in [0.3, 0.4) is 0 Å². The van der Waals surface area contributed by atoms with E-state index in [2.05, 4.69) is 33.5 Å². The summed E-state index contributed by atoms with van der Waals surface area (Å²) >= 11 is 0. The third-order valence-electron chi connectivity index (χ3n) is 3.61. The van der Waals surface area contributed by atoms with Gasteiger partial charge in [-0.3, -0.25) is 4.79 Å². The molecular weight excluding hydrogens is 326 g/mol. The Labute approximate surface area is 151 Å². The van der Waals surface area contributed by atoms with Crippen molar-refractivity contribution in [3.63, 3.8) is 0 Å². The van der Waals surface area contributed by atoms with Crippen LogP contribution in [-0.4, -0.2) is 20.9 Å². The Morgan fingerprint density at radius 3 is 2.73 bits per heavy atom. The molecule has 0 spiro atoms. The summed E-state index contributed by atoms with van der Waals surface area (Å²) in [6, 6.07) is 16.3. The van der Waals surface area contributed by atoms with Crippen molar-refractivity contribution in [3.8, 4) is 17.9 Å². The zero-order valence-electron chi connectivity index (χ0n) is 13.9. The third kappa shape index (κ3) is 4.56. The van der Waals surface area contributed by atoms with Gasteiger partial charge in [0.25, 0.3) is 5.91 Å². The Kier molecular flexibility index (Phi) is 5.39. The molecule has 1 N–H and O–H groups in total. The second-order valence-corrected chi connectivity index (χ2v) is 5.47. The Hall–Kier alpha value is -3.90. The fraction of sp³-hybridized carbons (Fsp3) is 0.100. The number of carbonyl (C=O) groups is 1. The minimum absolute atomic E-state index is 0.172. The van der Waals surface area contributed by atoms with E-state index < -0.39 is 0 Å². The van der Waals surface area contributed by atoms with Gasteiger partial charge in [-0.1, -0.05) is 35.3 Å². The molecule has 1 amide bonds. The maximum atomic E-state index is 12.3. The molecule has 0 unspecified atom stereocenters. The number of benzene rings is 2. The molecule has 2 aromatic carbocycles. The fourth-order valence-electron chi connectivity index (χ4n) is 2.26. The van der Waals surface area contributed by atoms with Gasteiger partial charge >= 0.3 is 0 Å². The first-order valence-corrected chi connectivity index (χ1v) is 7.95. The Morgan fingerprint density at radius 1 is 1.15 bits per heavy atom. The fourth-order valence-corrected chi connectivity index (χ4v) is 2.26. The molecule has 26 heavy (non-hydrogen) atoms. The lowest BCUT2D eigenvalue weighted by molar-refractivity contribution is 0.0951. The van der Waals surface area contributed by atoms with E-state index in [4.69, 9.17) is 5.26 Å². The van der Waals surface area contributed by atoms with E-state index in [-0.39, 0.29) is 5.91 Å². The maximum absolute atomic E-state index is 12.3. The minimum Gasteiger partial charge on any atom is -0.348 e. The number of hydrogen-bond donors (Lipinski definition) is 1. The largest absolute Gasteiger partial charge is 0.348 e. The molecular formula is C20H15N5O. The Balaban J connectivity index is 1.60. The minimum atomic E-state index is -0.172. The van der Waals surface area contributed by atoms with Crippen LogP contribution in [0.4, 0.5) is 0 Å². The number of hydrogen-bond acceptors (Lipinski definition) is 4. The zero-order valence-corrected chi connectivity index (χ0v) is 13.9. The van der Waals surface area contributed by atoms with Crippen LogP contribution in [0.25, 0.3) is 0 Å². The van der Waals surface area contributed by atoms with Crippen LogP contribution in [0.2, 0.25) is 0 Å². The van der Waals surface area contributed by atoms with Crippen LogP contribution in [0.15, 0.2) is 60.9 Å². The van der Waals surface area contributed by atoms with Crippen molar-refractivity contribution in [2.75, 3.05) is 0 Å². The first-order valence-electron chi connectivity index (χ1n) is 7.95. The summed E-state index contributed by atoms with van der Waals surface area (Å²) in [5.74, 6) is 5.83. The van der Waals surface area contributed by atoms with Gasteiger partial charge in [-0.2, -0.15) is 5.26 Å². The van der Waals surface area contributed by atoms with E-state index in [0.29, 0.717) is 24.2 Å². The standard InChI is InChI=1S/C20H15N5O/c21-14-17-6-8-18(9-7-17)15-22-20(26)19-5-1-3-16(13-19)4-2-11-25-12-10-23-24-25/h1,3,5-10,12-13H,11,15H2,(H,22,26). The smallest absolute Gasteiger partial charge is 0.251 e. The van der Waals surface area contributed by atoms with Gasteiger partial charge in [-0.25, -0.2) is 4.68 Å². The summed E-state index contributed by atoms with van der Waals surface area (Å²) in [4.78, 5) is 12.3. The van der Waals surface area contributed by atoms with Crippen LogP contribution >= 0.6 is 0 Å². The van der Waals surface area contributed by atoms with Gasteiger partial charge in [0.15, 0.2) is 0 Å². The number of nitrogens with one attached hydrogen (secondary N) is 1. The number of aromatic nitrogens is 3. The Morgan fingerprint density at radius 2 is 2.00 bits per heavy atom. The second kappa shape index (κ2) is 8.27. The van der Waals surface area contributed by atoms with Gasteiger partial charge in [0.05, 0.1) is 17.8 Å². The molecule has 3 rings (SSSR count). The highest BCUT2D eigenvalue weighted by molar-refractivity contribution is 5.94. The van der Waals surface area contributed by atoms with Crippen molar-refractivity contribution in [1.29, 1.82) is 5.26 Å². The quantitative estimate of drug-likeness (QED) is 0.737. The number of nitriles is 1. The van der Waals surface area contributed by atoms with Crippen molar-refractivity contribution in [2.45, 2.75) is 13.1 Å². The van der Waals surface area contributed by atoms with Crippen molar-refractivity contribution < 1.29 is 4.79 Å². The maximum Gasteiger partial charge on any atom is 0.251 e. The van der Waals surface area contributed by atoms with Crippen LogP contribution in [-0.2, 0) is 13.1 Å². The summed E-state index contributed by atoms with van der Waals surface area (Å²) in [5, 5.41) is 19.2. The first-order chi connectivity index (χ1) is 12.7. The molecule has 6 heteroatoms. The molecule has 0 aliphatic heterocycles. The van der Waals surface area contributed by atoms with E-state index in [9.17, 15) is 4.79 Å². The molecule has 0 atom stereocenters. The van der Waals surface area contributed by atoms with Crippen molar-refractivity contribution in [1.82, 2.24) is 20.3 Å². The zero-order chi connectivity index (χ0) is 18.2. The summed E-state index contributed by atoms with van der Waals surface area (Å²) in [6.45, 7) is 0.835. The van der Waals surface area contributed by atoms with Crippen molar-refractivity contribution >= 4 is 5.91 Å². The molecule has 0 bridgehead atoms. The average Bonchev–Trinajstić information content (AvgIpc) is 3.20. The molecule has 0 fully saturated rings. The highest BCUT2D eigenvalue weighted by Crippen LogP contribution is 2.06. The molecule has 0 saturated heterocycles. The monoisotopic (exact) mass is 341 g/mol. The van der Waals surface area contributed by atoms with Gasteiger partial charge in [-0.15, -0.1) is 5.10 Å². The highest BCUT2D eigenvalue weighted by Gasteiger charge is 2.05. The number of nitrogens with zero attached hydrogens (tertiary/aromatic N) is 4. The summed E-state index contributed by atoms with van der Waals surface area (Å²) in [6.07, 6.45) is 3.34. The van der Waals surface area contributed by atoms with Gasteiger partial charge < -0.3 is 5.32 Å². The summed E-state index contributed by atoms with van der Waals surface area (Å²) in [5.41, 5.74) is 2.83. The molecule has 1 heterocycles. The van der Waals surface area contributed by atoms with E-state index >= 15 is 0 Å². The van der Waals surface area contributed by atoms with E-state index in [1.807, 2.05) is 18.2 Å². The normalized spacial score (nSPS) is 9.65. The molecule has 0 radical (unpaired) electrons. The molecule has 6 nitrogen and oxygen atoms in total. The SMILES string of the molecule is N#Cc1ccc(CNC(=O)c2cccc(C#CCn3ccnn3)c2)cc1. The van der Waals surface area contributed by atoms with Crippen molar-refractivity contribution in [3.05, 3.63) is 83.2 Å². The van der Waals surface area contributed by atoms with Crippen LogP contribution in [0, 0.1) is 23.2 Å². The van der Waals surface area contributed by atoms with Gasteiger partial charge in [0.2, 0.25) is 0 Å². The average molecular weight is 341 g/mol. The number of rotatable bonds is 4. The molecule has 0 saturated carbocycles. The third-order valence-corrected chi connectivity index (χ3v) is 3.61. The molecule has 0 aliphatic carbocycles. The highest BCUT2D eigenvalue weighted by atomic mass is 16.1. The summed E-state index contributed by atoms with van der Waals surface area (Å²) < 4.78 is 1.63. The van der Waals surface area contributed by atoms with Crippen LogP contribution in [0.5, 0.6) is 0 Å². The van der Waals surface area contributed by atoms with Gasteiger partial charge in [-0.05, 0) is 35.9 Å². The lowest BCUT2D eigenvalue weighted by atomic mass is 10.1. The van der Waals surface area contributed by atoms with E-state index in [1.54, 1.807) is 47.4 Å². The first kappa shape index (κ1) is 16.9. The lowest BCUT2D eigenvalue weighted by Crippen LogP contribution is -2.22. The van der Waals surface area contributed by atoms with Crippen molar-refractivity contribution in [2.24, 2.45) is 0 Å². The van der Waals surface area contributed by atoms with Crippen LogP contribution in [0.1, 0.15) is 27.0 Å². The second-order valence-electron chi connectivity index (χ2n) is 5.47. The predicted molar refractivity (Wildman–Crippen MR) is 95.7 cm³/mol. The molecule has 1 aromatic heterocycles. The molecule has 0 aliphatic rings. The van der Waals surface area contributed by atoms with Gasteiger partial charge in [0, 0.05) is 23.9 Å². The molecule has 3 aromatic rings. The number of amides is 1.